The third-order valence-corrected chi connectivity index (χ3v) is 2.11. The maximum Gasteiger partial charge on any atom is 0.433 e. The van der Waals surface area contributed by atoms with Crippen molar-refractivity contribution in [3.8, 4) is 0 Å². The number of carbonyl (C=O) groups excluding carboxylic acids is 1. The van der Waals surface area contributed by atoms with E-state index in [0.717, 1.165) is 0 Å². The van der Waals surface area contributed by atoms with Crippen LogP contribution in [0.3, 0.4) is 0 Å². The van der Waals surface area contributed by atoms with Gasteiger partial charge in [0, 0.05) is 20.7 Å². The van der Waals surface area contributed by atoms with Gasteiger partial charge in [-0.05, 0) is 27.9 Å². The van der Waals surface area contributed by atoms with Gasteiger partial charge in [-0.25, -0.2) is 4.79 Å². The van der Waals surface area contributed by atoms with Gasteiger partial charge in [0.15, 0.2) is 0 Å². The van der Waals surface area contributed by atoms with E-state index in [4.69, 9.17) is 4.74 Å². The van der Waals surface area contributed by atoms with Crippen molar-refractivity contribution >= 4 is 11.8 Å². The molecular weight excluding hydrogens is 210 g/mol. The van der Waals surface area contributed by atoms with Gasteiger partial charge < -0.3 is 15.0 Å². The molecular formula is C10H21N3O3. The minimum Gasteiger partial charge on any atom is -0.373 e. The number of ether oxygens (including phenoxy) is 1. The van der Waals surface area contributed by atoms with Crippen LogP contribution in [0, 0.1) is 0 Å². The Morgan fingerprint density at radius 2 is 2.00 bits per heavy atom. The van der Waals surface area contributed by atoms with Crippen molar-refractivity contribution in [2.45, 2.75) is 19.4 Å². The van der Waals surface area contributed by atoms with E-state index in [0.29, 0.717) is 12.3 Å². The molecule has 0 spiro atoms. The first-order valence-corrected chi connectivity index (χ1v) is 4.99. The summed E-state index contributed by atoms with van der Waals surface area (Å²) in [4.78, 5) is 17.5. The third kappa shape index (κ3) is 5.09. The van der Waals surface area contributed by atoms with Crippen molar-refractivity contribution in [1.29, 1.82) is 0 Å². The predicted octanol–water partition coefficient (Wildman–Crippen LogP) is 0.685. The van der Waals surface area contributed by atoms with E-state index >= 15 is 0 Å². The van der Waals surface area contributed by atoms with Crippen LogP contribution in [0.4, 0.5) is 4.79 Å². The minimum absolute atomic E-state index is 0.553. The lowest BCUT2D eigenvalue weighted by Gasteiger charge is -2.26. The summed E-state index contributed by atoms with van der Waals surface area (Å²) in [7, 11) is 6.87. The molecule has 0 radical (unpaired) electrons. The number of nitrogens with one attached hydrogen (secondary N) is 1. The molecule has 0 aromatic heterocycles. The number of hydrogen-bond acceptors (Lipinski definition) is 5. The Bertz CT molecular complexity index is 262. The molecule has 0 aliphatic heterocycles. The first-order valence-electron chi connectivity index (χ1n) is 4.99. The number of amides is 1. The maximum absolute atomic E-state index is 10.9. The molecule has 0 aliphatic rings. The highest BCUT2D eigenvalue weighted by atomic mass is 16.7. The Morgan fingerprint density at radius 3 is 2.38 bits per heavy atom. The maximum atomic E-state index is 10.9. The fourth-order valence-corrected chi connectivity index (χ4v) is 0.889. The molecule has 0 saturated carbocycles. The number of rotatable bonds is 5. The first-order chi connectivity index (χ1) is 7.33. The highest BCUT2D eigenvalue weighted by Crippen LogP contribution is 2.11. The second-order valence-corrected chi connectivity index (χ2v) is 4.12. The highest BCUT2D eigenvalue weighted by molar-refractivity contribution is 5.93. The topological polar surface area (TPSA) is 63.2 Å². The van der Waals surface area contributed by atoms with E-state index in [1.165, 1.54) is 7.05 Å². The fourth-order valence-electron chi connectivity index (χ4n) is 0.889. The number of nitrogens with zero attached hydrogens (tertiary/aromatic N) is 2. The summed E-state index contributed by atoms with van der Waals surface area (Å²) in [5.74, 6) is 0. The molecule has 1 N–H and O–H groups in total. The largest absolute Gasteiger partial charge is 0.433 e. The number of hydrogen-bond donors (Lipinski definition) is 1. The Labute approximate surface area is 96.6 Å². The molecule has 16 heavy (non-hydrogen) atoms. The van der Waals surface area contributed by atoms with Crippen LogP contribution in [0.1, 0.15) is 13.8 Å². The normalized spacial score (nSPS) is 12.8. The number of carbonyl (C=O) groups is 1. The lowest BCUT2D eigenvalue weighted by atomic mass is 10.0. The monoisotopic (exact) mass is 231 g/mol. The lowest BCUT2D eigenvalue weighted by molar-refractivity contribution is 0.0745. The molecule has 0 bridgehead atoms. The molecule has 94 valence electrons. The average Bonchev–Trinajstić information content (AvgIpc) is 2.22. The number of methoxy groups -OCH3 is 1. The minimum atomic E-state index is -0.594. The molecule has 1 amide bonds. The van der Waals surface area contributed by atoms with E-state index in [-0.39, 0.29) is 0 Å². The molecule has 0 aromatic carbocycles. The summed E-state index contributed by atoms with van der Waals surface area (Å²) in [6, 6.07) is 0. The second kappa shape index (κ2) is 6.44. The van der Waals surface area contributed by atoms with Gasteiger partial charge in [-0.2, -0.15) is 0 Å². The Hall–Kier alpha value is -1.14. The van der Waals surface area contributed by atoms with Gasteiger partial charge in [0.2, 0.25) is 0 Å². The molecule has 0 heterocycles. The SMILES string of the molecule is CNC(=O)ON=C(CN(C)C)C(C)(C)OC. The standard InChI is InChI=1S/C10H21N3O3/c1-10(2,15-6)8(7-13(4)5)12-16-9(14)11-3/h7H2,1-6H3,(H,11,14). The zero-order chi connectivity index (χ0) is 12.8. The Morgan fingerprint density at radius 1 is 1.44 bits per heavy atom. The average molecular weight is 231 g/mol. The van der Waals surface area contributed by atoms with Gasteiger partial charge in [-0.3, -0.25) is 4.84 Å². The summed E-state index contributed by atoms with van der Waals surface area (Å²) in [5, 5.41) is 6.14. The van der Waals surface area contributed by atoms with Crippen molar-refractivity contribution in [2.75, 3.05) is 34.8 Å². The summed E-state index contributed by atoms with van der Waals surface area (Å²) < 4.78 is 5.30. The molecule has 0 unspecified atom stereocenters. The highest BCUT2D eigenvalue weighted by Gasteiger charge is 2.26. The van der Waals surface area contributed by atoms with Gasteiger partial charge in [0.05, 0.1) is 0 Å². The van der Waals surface area contributed by atoms with Crippen LogP contribution in [0.2, 0.25) is 0 Å². The lowest BCUT2D eigenvalue weighted by Crippen LogP contribution is -2.41. The van der Waals surface area contributed by atoms with Crippen LogP contribution in [-0.4, -0.2) is 57.1 Å². The molecule has 0 saturated heterocycles. The van der Waals surface area contributed by atoms with E-state index < -0.39 is 11.7 Å². The van der Waals surface area contributed by atoms with Crippen LogP contribution in [0.25, 0.3) is 0 Å². The van der Waals surface area contributed by atoms with Crippen molar-refractivity contribution in [3.63, 3.8) is 0 Å². The Balaban J connectivity index is 4.73. The molecule has 0 aromatic rings. The van der Waals surface area contributed by atoms with Crippen molar-refractivity contribution in [2.24, 2.45) is 5.16 Å². The zero-order valence-corrected chi connectivity index (χ0v) is 10.8. The van der Waals surface area contributed by atoms with Crippen LogP contribution in [-0.2, 0) is 9.57 Å². The first kappa shape index (κ1) is 14.9. The smallest absolute Gasteiger partial charge is 0.373 e. The van der Waals surface area contributed by atoms with Gasteiger partial charge in [0.25, 0.3) is 0 Å². The van der Waals surface area contributed by atoms with Gasteiger partial charge in [-0.1, -0.05) is 5.16 Å². The number of oxime groups is 1. The summed E-state index contributed by atoms with van der Waals surface area (Å²) in [5.41, 5.74) is 0.0711. The van der Waals surface area contributed by atoms with Crippen LogP contribution < -0.4 is 5.32 Å². The third-order valence-electron chi connectivity index (χ3n) is 2.11. The van der Waals surface area contributed by atoms with Crippen LogP contribution in [0.15, 0.2) is 5.16 Å². The van der Waals surface area contributed by atoms with Gasteiger partial charge >= 0.3 is 6.09 Å². The van der Waals surface area contributed by atoms with E-state index in [9.17, 15) is 4.79 Å². The molecule has 0 atom stereocenters. The summed E-state index contributed by atoms with van der Waals surface area (Å²) in [6.07, 6.45) is -0.594. The van der Waals surface area contributed by atoms with E-state index in [1.807, 2.05) is 32.8 Å². The van der Waals surface area contributed by atoms with E-state index in [1.54, 1.807) is 7.11 Å². The van der Waals surface area contributed by atoms with Crippen molar-refractivity contribution in [3.05, 3.63) is 0 Å². The van der Waals surface area contributed by atoms with E-state index in [2.05, 4.69) is 15.3 Å². The Kier molecular flexibility index (Phi) is 5.98. The van der Waals surface area contributed by atoms with Crippen molar-refractivity contribution < 1.29 is 14.4 Å². The second-order valence-electron chi connectivity index (χ2n) is 4.12. The van der Waals surface area contributed by atoms with Gasteiger partial charge in [0.1, 0.15) is 11.3 Å². The molecule has 0 aliphatic carbocycles. The summed E-state index contributed by atoms with van der Waals surface area (Å²) in [6.45, 7) is 4.28. The van der Waals surface area contributed by atoms with Crippen molar-refractivity contribution in [1.82, 2.24) is 10.2 Å². The van der Waals surface area contributed by atoms with Gasteiger partial charge in [-0.15, -0.1) is 0 Å². The molecule has 0 rings (SSSR count). The fraction of sp³-hybridized carbons (Fsp3) is 0.800. The van der Waals surface area contributed by atoms with Crippen LogP contribution in [0.5, 0.6) is 0 Å². The molecule has 6 nitrogen and oxygen atoms in total. The molecule has 0 fully saturated rings. The quantitative estimate of drug-likeness (QED) is 0.429. The predicted molar refractivity (Wildman–Crippen MR) is 62.6 cm³/mol. The zero-order valence-electron chi connectivity index (χ0n) is 10.8. The summed E-state index contributed by atoms with van der Waals surface area (Å²) >= 11 is 0. The molecule has 6 heteroatoms. The van der Waals surface area contributed by atoms with Crippen LogP contribution >= 0.6 is 0 Å².